The van der Waals surface area contributed by atoms with Crippen molar-refractivity contribution < 1.29 is 4.74 Å². The van der Waals surface area contributed by atoms with Crippen molar-refractivity contribution in [1.82, 2.24) is 0 Å². The molecule has 3 N–H and O–H groups in total. The fourth-order valence-corrected chi connectivity index (χ4v) is 3.09. The zero-order valence-electron chi connectivity index (χ0n) is 12.8. The fraction of sp³-hybridized carbons (Fsp3) is 0.647. The van der Waals surface area contributed by atoms with Crippen molar-refractivity contribution in [2.45, 2.75) is 58.4 Å². The molecule has 20 heavy (non-hydrogen) atoms. The summed E-state index contributed by atoms with van der Waals surface area (Å²) in [6, 6.07) is 6.59. The molecule has 3 heteroatoms. The first-order chi connectivity index (χ1) is 9.76. The molecular formula is C17H28N2O. The summed E-state index contributed by atoms with van der Waals surface area (Å²) in [4.78, 5) is 0. The number of benzene rings is 1. The monoisotopic (exact) mass is 276 g/mol. The van der Waals surface area contributed by atoms with E-state index in [4.69, 9.17) is 10.5 Å². The maximum atomic E-state index is 6.24. The Morgan fingerprint density at radius 2 is 2.05 bits per heavy atom. The van der Waals surface area contributed by atoms with E-state index in [1.807, 2.05) is 12.1 Å². The van der Waals surface area contributed by atoms with Crippen LogP contribution in [-0.4, -0.2) is 12.6 Å². The first kappa shape index (κ1) is 15.0. The number of hydrogen-bond donors (Lipinski definition) is 2. The molecule has 0 radical (unpaired) electrons. The van der Waals surface area contributed by atoms with Gasteiger partial charge in [0.1, 0.15) is 5.75 Å². The van der Waals surface area contributed by atoms with E-state index in [-0.39, 0.29) is 0 Å². The number of nitrogens with one attached hydrogen (secondary N) is 1. The van der Waals surface area contributed by atoms with E-state index >= 15 is 0 Å². The van der Waals surface area contributed by atoms with E-state index in [0.29, 0.717) is 12.6 Å². The standard InChI is InChI=1S/C17H28N2O/c1-3-12-20-16-11-7-10-15(17(16)18)19-14-9-6-5-8-13(14)4-2/h7,10-11,13-14,19H,3-6,8-9,12,18H2,1-2H3. The van der Waals surface area contributed by atoms with Gasteiger partial charge in [0.2, 0.25) is 0 Å². The fourth-order valence-electron chi connectivity index (χ4n) is 3.09. The number of rotatable bonds is 6. The Hall–Kier alpha value is -1.38. The molecule has 0 heterocycles. The molecule has 1 aliphatic carbocycles. The smallest absolute Gasteiger partial charge is 0.144 e. The minimum absolute atomic E-state index is 0.553. The van der Waals surface area contributed by atoms with Gasteiger partial charge < -0.3 is 15.8 Å². The van der Waals surface area contributed by atoms with Crippen LogP contribution < -0.4 is 15.8 Å². The van der Waals surface area contributed by atoms with Gasteiger partial charge in [0, 0.05) is 6.04 Å². The highest BCUT2D eigenvalue weighted by atomic mass is 16.5. The van der Waals surface area contributed by atoms with E-state index in [0.717, 1.165) is 29.5 Å². The van der Waals surface area contributed by atoms with E-state index in [2.05, 4.69) is 25.2 Å². The lowest BCUT2D eigenvalue weighted by Crippen LogP contribution is -2.32. The second-order valence-electron chi connectivity index (χ2n) is 5.77. The Kier molecular flexibility index (Phi) is 5.57. The SMILES string of the molecule is CCCOc1cccc(NC2CCCCC2CC)c1N. The van der Waals surface area contributed by atoms with Crippen molar-refractivity contribution in [2.75, 3.05) is 17.7 Å². The van der Waals surface area contributed by atoms with Crippen LogP contribution in [0, 0.1) is 5.92 Å². The van der Waals surface area contributed by atoms with Gasteiger partial charge in [-0.05, 0) is 37.3 Å². The van der Waals surface area contributed by atoms with Gasteiger partial charge in [-0.3, -0.25) is 0 Å². The predicted octanol–water partition coefficient (Wildman–Crippen LogP) is 4.44. The maximum Gasteiger partial charge on any atom is 0.144 e. The van der Waals surface area contributed by atoms with Crippen molar-refractivity contribution in [2.24, 2.45) is 5.92 Å². The largest absolute Gasteiger partial charge is 0.491 e. The lowest BCUT2D eigenvalue weighted by molar-refractivity contribution is 0.315. The van der Waals surface area contributed by atoms with E-state index in [1.54, 1.807) is 0 Å². The minimum atomic E-state index is 0.553. The van der Waals surface area contributed by atoms with Crippen LogP contribution in [0.2, 0.25) is 0 Å². The third-order valence-electron chi connectivity index (χ3n) is 4.30. The first-order valence-corrected chi connectivity index (χ1v) is 8.04. The van der Waals surface area contributed by atoms with Crippen molar-refractivity contribution in [3.63, 3.8) is 0 Å². The molecule has 0 spiro atoms. The summed E-state index contributed by atoms with van der Waals surface area (Å²) >= 11 is 0. The number of nitrogen functional groups attached to an aromatic ring is 1. The van der Waals surface area contributed by atoms with Gasteiger partial charge in [-0.25, -0.2) is 0 Å². The molecule has 0 aliphatic heterocycles. The van der Waals surface area contributed by atoms with Gasteiger partial charge in [-0.2, -0.15) is 0 Å². The van der Waals surface area contributed by atoms with Crippen molar-refractivity contribution in [3.8, 4) is 5.75 Å². The molecule has 3 nitrogen and oxygen atoms in total. The average molecular weight is 276 g/mol. The van der Waals surface area contributed by atoms with Crippen LogP contribution >= 0.6 is 0 Å². The summed E-state index contributed by atoms with van der Waals surface area (Å²) in [6.45, 7) is 5.11. The number of hydrogen-bond acceptors (Lipinski definition) is 3. The Morgan fingerprint density at radius 1 is 1.25 bits per heavy atom. The molecule has 1 aliphatic rings. The Morgan fingerprint density at radius 3 is 2.80 bits per heavy atom. The Bertz CT molecular complexity index is 419. The molecule has 2 atom stereocenters. The number of anilines is 2. The second kappa shape index (κ2) is 7.41. The van der Waals surface area contributed by atoms with Crippen LogP contribution in [0.3, 0.4) is 0 Å². The van der Waals surface area contributed by atoms with Crippen LogP contribution in [0.15, 0.2) is 18.2 Å². The molecule has 2 rings (SSSR count). The van der Waals surface area contributed by atoms with Gasteiger partial charge >= 0.3 is 0 Å². The first-order valence-electron chi connectivity index (χ1n) is 8.04. The van der Waals surface area contributed by atoms with Gasteiger partial charge in [-0.15, -0.1) is 0 Å². The Labute approximate surface area is 122 Å². The minimum Gasteiger partial charge on any atom is -0.491 e. The van der Waals surface area contributed by atoms with Crippen LogP contribution in [0.4, 0.5) is 11.4 Å². The van der Waals surface area contributed by atoms with E-state index < -0.39 is 0 Å². The van der Waals surface area contributed by atoms with E-state index in [1.165, 1.54) is 32.1 Å². The third-order valence-corrected chi connectivity index (χ3v) is 4.30. The summed E-state index contributed by atoms with van der Waals surface area (Å²) in [7, 11) is 0. The molecule has 0 aromatic heterocycles. The summed E-state index contributed by atoms with van der Waals surface area (Å²) in [5.74, 6) is 1.57. The Balaban J connectivity index is 2.08. The predicted molar refractivity (Wildman–Crippen MR) is 86.3 cm³/mol. The zero-order valence-corrected chi connectivity index (χ0v) is 12.8. The number of para-hydroxylation sites is 1. The summed E-state index contributed by atoms with van der Waals surface area (Å²) in [5.41, 5.74) is 8.02. The molecule has 2 unspecified atom stereocenters. The van der Waals surface area contributed by atoms with Crippen LogP contribution in [0.5, 0.6) is 5.75 Å². The van der Waals surface area contributed by atoms with Crippen LogP contribution in [0.1, 0.15) is 52.4 Å². The molecule has 1 aromatic rings. The van der Waals surface area contributed by atoms with Crippen LogP contribution in [-0.2, 0) is 0 Å². The topological polar surface area (TPSA) is 47.3 Å². The van der Waals surface area contributed by atoms with Crippen LogP contribution in [0.25, 0.3) is 0 Å². The molecule has 1 saturated carbocycles. The molecule has 0 amide bonds. The van der Waals surface area contributed by atoms with Gasteiger partial charge in [0.05, 0.1) is 18.0 Å². The van der Waals surface area contributed by atoms with Gasteiger partial charge in [0.25, 0.3) is 0 Å². The second-order valence-corrected chi connectivity index (χ2v) is 5.77. The highest BCUT2D eigenvalue weighted by Gasteiger charge is 2.24. The normalized spacial score (nSPS) is 22.5. The molecule has 0 bridgehead atoms. The van der Waals surface area contributed by atoms with Gasteiger partial charge in [-0.1, -0.05) is 39.2 Å². The van der Waals surface area contributed by atoms with Crippen molar-refractivity contribution in [1.29, 1.82) is 0 Å². The van der Waals surface area contributed by atoms with Crippen molar-refractivity contribution >= 4 is 11.4 Å². The molecular weight excluding hydrogens is 248 g/mol. The molecule has 1 aromatic carbocycles. The zero-order chi connectivity index (χ0) is 14.4. The van der Waals surface area contributed by atoms with Gasteiger partial charge in [0.15, 0.2) is 0 Å². The third kappa shape index (κ3) is 3.59. The average Bonchev–Trinajstić information content (AvgIpc) is 2.48. The lowest BCUT2D eigenvalue weighted by Gasteiger charge is -2.32. The number of ether oxygens (including phenoxy) is 1. The molecule has 1 fully saturated rings. The highest BCUT2D eigenvalue weighted by Crippen LogP contribution is 2.34. The summed E-state index contributed by atoms with van der Waals surface area (Å²) < 4.78 is 5.70. The number of nitrogens with two attached hydrogens (primary N) is 1. The lowest BCUT2D eigenvalue weighted by atomic mass is 9.83. The maximum absolute atomic E-state index is 6.24. The molecule has 112 valence electrons. The molecule has 0 saturated heterocycles. The van der Waals surface area contributed by atoms with Crippen molar-refractivity contribution in [3.05, 3.63) is 18.2 Å². The summed E-state index contributed by atoms with van der Waals surface area (Å²) in [5, 5.41) is 3.66. The highest BCUT2D eigenvalue weighted by molar-refractivity contribution is 5.73. The van der Waals surface area contributed by atoms with E-state index in [9.17, 15) is 0 Å². The summed E-state index contributed by atoms with van der Waals surface area (Å²) in [6.07, 6.45) is 7.51. The quantitative estimate of drug-likeness (QED) is 0.755.